The summed E-state index contributed by atoms with van der Waals surface area (Å²) in [4.78, 5) is 17.0. The number of carbonyl (C=O) groups is 1. The van der Waals surface area contributed by atoms with Crippen LogP contribution in [0.15, 0.2) is 29.6 Å². The molecule has 0 saturated carbocycles. The van der Waals surface area contributed by atoms with Crippen LogP contribution in [0.5, 0.6) is 0 Å². The summed E-state index contributed by atoms with van der Waals surface area (Å²) in [6, 6.07) is 7.71. The van der Waals surface area contributed by atoms with Gasteiger partial charge in [0.1, 0.15) is 10.6 Å². The lowest BCUT2D eigenvalue weighted by molar-refractivity contribution is -0.150. The van der Waals surface area contributed by atoms with Gasteiger partial charge in [0.05, 0.1) is 18.0 Å². The number of hydrogen-bond acceptors (Lipinski definition) is 5. The van der Waals surface area contributed by atoms with E-state index in [-0.39, 0.29) is 22.2 Å². The maximum atomic E-state index is 12.2. The lowest BCUT2D eigenvalue weighted by Crippen LogP contribution is -2.44. The molecule has 1 spiro atoms. The molecule has 1 aromatic heterocycles. The number of carbonyl (C=O) groups excluding carboxylic acids is 1. The third-order valence-corrected chi connectivity index (χ3v) is 7.57. The Hall–Kier alpha value is -1.04. The Balaban J connectivity index is 1.66. The molecule has 3 nitrogen and oxygen atoms in total. The molecule has 2 aromatic rings. The van der Waals surface area contributed by atoms with Crippen LogP contribution >= 0.6 is 34.7 Å². The van der Waals surface area contributed by atoms with E-state index in [1.54, 1.807) is 11.3 Å². The van der Waals surface area contributed by atoms with E-state index in [1.165, 1.54) is 0 Å². The molecule has 2 aliphatic rings. The zero-order valence-electron chi connectivity index (χ0n) is 14.3. The van der Waals surface area contributed by atoms with Crippen LogP contribution in [0.1, 0.15) is 44.0 Å². The molecule has 2 aliphatic heterocycles. The predicted molar refractivity (Wildman–Crippen MR) is 105 cm³/mol. The number of thiazole rings is 1. The van der Waals surface area contributed by atoms with Crippen molar-refractivity contribution in [3.8, 4) is 11.3 Å². The zero-order valence-corrected chi connectivity index (χ0v) is 16.6. The lowest BCUT2D eigenvalue weighted by Gasteiger charge is -2.43. The molecule has 3 heterocycles. The van der Waals surface area contributed by atoms with Crippen LogP contribution in [0.25, 0.3) is 11.3 Å². The molecular formula is C19H20ClNO2S2. The van der Waals surface area contributed by atoms with Crippen LogP contribution in [-0.2, 0) is 9.53 Å². The van der Waals surface area contributed by atoms with Crippen LogP contribution in [0.4, 0.5) is 0 Å². The summed E-state index contributed by atoms with van der Waals surface area (Å²) in [6.45, 7) is 4.48. The first-order valence-electron chi connectivity index (χ1n) is 8.44. The van der Waals surface area contributed by atoms with Crippen molar-refractivity contribution in [3.63, 3.8) is 0 Å². The van der Waals surface area contributed by atoms with E-state index in [1.807, 2.05) is 36.0 Å². The number of aromatic nitrogens is 1. The number of hydrogen-bond donors (Lipinski definition) is 0. The molecule has 25 heavy (non-hydrogen) atoms. The molecule has 132 valence electrons. The van der Waals surface area contributed by atoms with Crippen LogP contribution in [0.3, 0.4) is 0 Å². The van der Waals surface area contributed by atoms with E-state index in [9.17, 15) is 4.79 Å². The zero-order chi connectivity index (χ0) is 17.7. The Labute approximate surface area is 161 Å². The highest BCUT2D eigenvalue weighted by Crippen LogP contribution is 2.54. The van der Waals surface area contributed by atoms with Crippen molar-refractivity contribution in [3.05, 3.63) is 39.7 Å². The van der Waals surface area contributed by atoms with Gasteiger partial charge in [0, 0.05) is 27.1 Å². The van der Waals surface area contributed by atoms with Gasteiger partial charge in [-0.2, -0.15) is 11.8 Å². The van der Waals surface area contributed by atoms with Gasteiger partial charge in [-0.15, -0.1) is 11.3 Å². The van der Waals surface area contributed by atoms with E-state index in [4.69, 9.17) is 21.3 Å². The van der Waals surface area contributed by atoms with Gasteiger partial charge in [0.2, 0.25) is 0 Å². The Morgan fingerprint density at radius 2 is 2.04 bits per heavy atom. The van der Waals surface area contributed by atoms with E-state index in [0.717, 1.165) is 39.9 Å². The summed E-state index contributed by atoms with van der Waals surface area (Å²) in [7, 11) is 0. The van der Waals surface area contributed by atoms with Crippen molar-refractivity contribution in [1.82, 2.24) is 4.98 Å². The molecule has 2 saturated heterocycles. The van der Waals surface area contributed by atoms with Crippen molar-refractivity contribution in [1.29, 1.82) is 0 Å². The van der Waals surface area contributed by atoms with E-state index >= 15 is 0 Å². The van der Waals surface area contributed by atoms with Gasteiger partial charge in [-0.3, -0.25) is 4.79 Å². The first-order chi connectivity index (χ1) is 11.9. The van der Waals surface area contributed by atoms with Crippen LogP contribution in [0.2, 0.25) is 5.02 Å². The summed E-state index contributed by atoms with van der Waals surface area (Å²) in [5.74, 6) is 0.994. The minimum absolute atomic E-state index is 0.0613. The van der Waals surface area contributed by atoms with Crippen molar-refractivity contribution >= 4 is 40.7 Å². The maximum absolute atomic E-state index is 12.2. The summed E-state index contributed by atoms with van der Waals surface area (Å²) < 4.78 is 6.04. The standard InChI is InChI=1S/C19H20ClNO2S2/c1-18(2)11-19(7-8-25-18)14(9-16(22)23-19)17-21-15(10-24-17)12-3-5-13(20)6-4-12/h3-6,10,14H,7-9,11H2,1-2H3/t14-,19+/m1/s1. The second kappa shape index (κ2) is 6.29. The number of rotatable bonds is 2. The maximum Gasteiger partial charge on any atom is 0.307 e. The van der Waals surface area contributed by atoms with Crippen LogP contribution in [0, 0.1) is 0 Å². The monoisotopic (exact) mass is 393 g/mol. The van der Waals surface area contributed by atoms with Crippen molar-refractivity contribution in [2.24, 2.45) is 0 Å². The number of ether oxygens (including phenoxy) is 1. The van der Waals surface area contributed by atoms with E-state index < -0.39 is 0 Å². The molecule has 0 radical (unpaired) electrons. The third kappa shape index (κ3) is 3.34. The number of halogens is 1. The van der Waals surface area contributed by atoms with Gasteiger partial charge < -0.3 is 4.74 Å². The topological polar surface area (TPSA) is 39.2 Å². The number of benzene rings is 1. The average Bonchev–Trinajstić information content (AvgIpc) is 3.12. The molecule has 6 heteroatoms. The average molecular weight is 394 g/mol. The molecule has 4 rings (SSSR count). The van der Waals surface area contributed by atoms with Gasteiger partial charge in [0.25, 0.3) is 0 Å². The largest absolute Gasteiger partial charge is 0.458 e. The van der Waals surface area contributed by atoms with E-state index in [0.29, 0.717) is 6.42 Å². The Kier molecular flexibility index (Phi) is 4.37. The Morgan fingerprint density at radius 1 is 1.28 bits per heavy atom. The van der Waals surface area contributed by atoms with Gasteiger partial charge >= 0.3 is 5.97 Å². The Bertz CT molecular complexity index is 802. The van der Waals surface area contributed by atoms with Crippen molar-refractivity contribution in [2.45, 2.75) is 49.4 Å². The second-order valence-corrected chi connectivity index (χ2v) is 10.5. The van der Waals surface area contributed by atoms with Gasteiger partial charge in [-0.1, -0.05) is 37.6 Å². The molecule has 0 amide bonds. The molecule has 2 fully saturated rings. The summed E-state index contributed by atoms with van der Waals surface area (Å²) in [5.41, 5.74) is 1.60. The number of nitrogens with zero attached hydrogens (tertiary/aromatic N) is 1. The van der Waals surface area contributed by atoms with Crippen LogP contribution in [-0.4, -0.2) is 27.1 Å². The normalized spacial score (nSPS) is 28.3. The summed E-state index contributed by atoms with van der Waals surface area (Å²) >= 11 is 9.57. The fourth-order valence-electron chi connectivity index (χ4n) is 3.95. The molecule has 2 atom stereocenters. The third-order valence-electron chi connectivity index (χ3n) is 5.03. The Morgan fingerprint density at radius 3 is 2.76 bits per heavy atom. The number of esters is 1. The first kappa shape index (κ1) is 17.4. The predicted octanol–water partition coefficient (Wildman–Crippen LogP) is 5.54. The highest BCUT2D eigenvalue weighted by Gasteiger charge is 2.55. The molecular weight excluding hydrogens is 374 g/mol. The molecule has 0 unspecified atom stereocenters. The van der Waals surface area contributed by atoms with Gasteiger partial charge in [-0.25, -0.2) is 4.98 Å². The van der Waals surface area contributed by atoms with Crippen LogP contribution < -0.4 is 0 Å². The molecule has 0 bridgehead atoms. The molecule has 0 aliphatic carbocycles. The summed E-state index contributed by atoms with van der Waals surface area (Å²) in [6.07, 6.45) is 2.23. The fraction of sp³-hybridized carbons (Fsp3) is 0.474. The van der Waals surface area contributed by atoms with Crippen molar-refractivity contribution < 1.29 is 9.53 Å². The van der Waals surface area contributed by atoms with Gasteiger partial charge in [-0.05, 0) is 24.3 Å². The number of thioether (sulfide) groups is 1. The smallest absolute Gasteiger partial charge is 0.307 e. The minimum Gasteiger partial charge on any atom is -0.458 e. The minimum atomic E-state index is -0.388. The van der Waals surface area contributed by atoms with Gasteiger partial charge in [0.15, 0.2) is 0 Å². The molecule has 1 aromatic carbocycles. The quantitative estimate of drug-likeness (QED) is 0.628. The molecule has 0 N–H and O–H groups in total. The second-order valence-electron chi connectivity index (χ2n) is 7.41. The van der Waals surface area contributed by atoms with E-state index in [2.05, 4.69) is 19.2 Å². The highest BCUT2D eigenvalue weighted by molar-refractivity contribution is 8.00. The highest BCUT2D eigenvalue weighted by atomic mass is 35.5. The SMILES string of the molecule is CC1(C)C[C@]2(CCS1)OC(=O)C[C@@H]2c1nc(-c2ccc(Cl)cc2)cs1. The first-order valence-corrected chi connectivity index (χ1v) is 10.7. The summed E-state index contributed by atoms with van der Waals surface area (Å²) in [5, 5.41) is 3.80. The fourth-order valence-corrected chi connectivity index (χ4v) is 6.46. The lowest BCUT2D eigenvalue weighted by atomic mass is 9.78. The van der Waals surface area contributed by atoms with Crippen molar-refractivity contribution in [2.75, 3.05) is 5.75 Å².